The third-order valence-electron chi connectivity index (χ3n) is 5.55. The number of likely N-dealkylation sites (tertiary alicyclic amines) is 1. The van der Waals surface area contributed by atoms with Crippen molar-refractivity contribution in [3.8, 4) is 5.69 Å². The molecule has 3 N–H and O–H groups in total. The Labute approximate surface area is 201 Å². The first-order chi connectivity index (χ1) is 16.6. The number of carbonyl (C=O) groups is 2. The number of amides is 2. The number of thioether (sulfide) groups is 1. The molecule has 0 bridgehead atoms. The predicted molar refractivity (Wildman–Crippen MR) is 133 cm³/mol. The van der Waals surface area contributed by atoms with Crippen molar-refractivity contribution in [2.24, 2.45) is 5.22 Å². The maximum absolute atomic E-state index is 13.1. The van der Waals surface area contributed by atoms with Gasteiger partial charge in [-0.15, -0.1) is 0 Å². The number of nitrogens with zero attached hydrogens (tertiary/aromatic N) is 4. The third-order valence-corrected chi connectivity index (χ3v) is 6.38. The second-order valence-corrected chi connectivity index (χ2v) is 8.65. The Bertz CT molecular complexity index is 1170. The number of anilines is 2. The van der Waals surface area contributed by atoms with Crippen molar-refractivity contribution in [3.63, 3.8) is 0 Å². The molecule has 34 heavy (non-hydrogen) atoms. The van der Waals surface area contributed by atoms with E-state index in [2.05, 4.69) is 10.5 Å². The van der Waals surface area contributed by atoms with Crippen molar-refractivity contribution in [3.05, 3.63) is 79.1 Å². The Hall–Kier alpha value is -3.92. The van der Waals surface area contributed by atoms with Gasteiger partial charge in [-0.05, 0) is 49.2 Å². The van der Waals surface area contributed by atoms with Gasteiger partial charge in [-0.3, -0.25) is 15.0 Å². The van der Waals surface area contributed by atoms with E-state index in [4.69, 9.17) is 10.9 Å². The normalized spacial score (nSPS) is 15.1. The average molecular weight is 476 g/mol. The van der Waals surface area contributed by atoms with E-state index < -0.39 is 6.04 Å². The van der Waals surface area contributed by atoms with Gasteiger partial charge >= 0.3 is 0 Å². The van der Waals surface area contributed by atoms with Crippen molar-refractivity contribution >= 4 is 40.1 Å². The second-order valence-electron chi connectivity index (χ2n) is 7.68. The molecule has 0 aliphatic carbocycles. The van der Waals surface area contributed by atoms with Crippen LogP contribution in [0.2, 0.25) is 0 Å². The molecule has 0 spiro atoms. The molecule has 2 aromatic carbocycles. The van der Waals surface area contributed by atoms with E-state index in [9.17, 15) is 9.59 Å². The van der Waals surface area contributed by atoms with Crippen molar-refractivity contribution < 1.29 is 9.59 Å². The Morgan fingerprint density at radius 3 is 2.50 bits per heavy atom. The lowest BCUT2D eigenvalue weighted by Crippen LogP contribution is -2.44. The Morgan fingerprint density at radius 1 is 1.06 bits per heavy atom. The van der Waals surface area contributed by atoms with Gasteiger partial charge in [-0.2, -0.15) is 10.5 Å². The highest BCUT2D eigenvalue weighted by atomic mass is 32.2. The quantitative estimate of drug-likeness (QED) is 0.201. The van der Waals surface area contributed by atoms with Crippen LogP contribution in [0.1, 0.15) is 12.8 Å². The van der Waals surface area contributed by atoms with Gasteiger partial charge in [0, 0.05) is 18.9 Å². The molecule has 1 aromatic heterocycles. The molecule has 10 heteroatoms. The molecule has 1 aliphatic heterocycles. The fraction of sp³-hybridized carbons (Fsp3) is 0.208. The number of para-hydroxylation sites is 3. The molecule has 1 aliphatic rings. The van der Waals surface area contributed by atoms with Crippen LogP contribution >= 0.6 is 11.8 Å². The molecule has 0 unspecified atom stereocenters. The first-order valence-electron chi connectivity index (χ1n) is 10.8. The number of amidine groups is 1. The zero-order valence-corrected chi connectivity index (χ0v) is 19.2. The molecule has 174 valence electrons. The van der Waals surface area contributed by atoms with Gasteiger partial charge < -0.3 is 14.8 Å². The van der Waals surface area contributed by atoms with E-state index in [-0.39, 0.29) is 22.7 Å². The van der Waals surface area contributed by atoms with Gasteiger partial charge in [0.2, 0.25) is 11.8 Å². The van der Waals surface area contributed by atoms with Gasteiger partial charge in [0.1, 0.15) is 6.04 Å². The van der Waals surface area contributed by atoms with Crippen LogP contribution in [0, 0.1) is 10.9 Å². The van der Waals surface area contributed by atoms with E-state index in [1.807, 2.05) is 59.4 Å². The molecule has 1 saturated heterocycles. The molecule has 4 rings (SSSR count). The van der Waals surface area contributed by atoms with Crippen molar-refractivity contribution in [2.75, 3.05) is 22.6 Å². The minimum absolute atomic E-state index is 0.0125. The summed E-state index contributed by atoms with van der Waals surface area (Å²) in [4.78, 5) is 27.6. The van der Waals surface area contributed by atoms with Crippen LogP contribution in [0.4, 0.5) is 11.4 Å². The SMILES string of the molecule is N=NN(C(=N)SCC(=O)N1CCC[C@H]1C(=O)Nc1ccccc1-n1cccc1)c1ccccc1. The molecular formula is C24H25N7O2S. The predicted octanol–water partition coefficient (Wildman–Crippen LogP) is 4.53. The Kier molecular flexibility index (Phi) is 7.38. The zero-order chi connectivity index (χ0) is 23.9. The van der Waals surface area contributed by atoms with Crippen LogP contribution in [0.25, 0.3) is 5.69 Å². The summed E-state index contributed by atoms with van der Waals surface area (Å²) >= 11 is 0.987. The molecular weight excluding hydrogens is 450 g/mol. The number of hydrogen-bond donors (Lipinski definition) is 3. The zero-order valence-electron chi connectivity index (χ0n) is 18.4. The summed E-state index contributed by atoms with van der Waals surface area (Å²) in [6.07, 6.45) is 5.14. The number of hydrogen-bond acceptors (Lipinski definition) is 6. The van der Waals surface area contributed by atoms with E-state index in [0.29, 0.717) is 24.3 Å². The van der Waals surface area contributed by atoms with Crippen LogP contribution in [-0.4, -0.2) is 44.8 Å². The molecule has 9 nitrogen and oxygen atoms in total. The molecule has 2 heterocycles. The van der Waals surface area contributed by atoms with Gasteiger partial charge in [0.25, 0.3) is 0 Å². The number of benzene rings is 2. The Morgan fingerprint density at radius 2 is 1.76 bits per heavy atom. The fourth-order valence-electron chi connectivity index (χ4n) is 3.92. The summed E-state index contributed by atoms with van der Waals surface area (Å²) in [7, 11) is 0. The summed E-state index contributed by atoms with van der Waals surface area (Å²) in [6, 6.07) is 19.7. The number of aromatic nitrogens is 1. The largest absolute Gasteiger partial charge is 0.330 e. The number of rotatable bonds is 7. The summed E-state index contributed by atoms with van der Waals surface area (Å²) in [5.74, 6) is -0.455. The maximum atomic E-state index is 13.1. The second kappa shape index (κ2) is 10.8. The summed E-state index contributed by atoms with van der Waals surface area (Å²) in [5, 5.41) is 15.8. The van der Waals surface area contributed by atoms with Gasteiger partial charge in [-0.25, -0.2) is 0 Å². The van der Waals surface area contributed by atoms with Crippen molar-refractivity contribution in [1.29, 1.82) is 10.9 Å². The third kappa shape index (κ3) is 5.18. The molecule has 2 amide bonds. The number of carbonyl (C=O) groups excluding carboxylic acids is 2. The number of nitrogens with one attached hydrogen (secondary N) is 3. The van der Waals surface area contributed by atoms with Crippen LogP contribution < -0.4 is 10.3 Å². The maximum Gasteiger partial charge on any atom is 0.247 e. The molecule has 0 radical (unpaired) electrons. The van der Waals surface area contributed by atoms with E-state index in [0.717, 1.165) is 28.9 Å². The van der Waals surface area contributed by atoms with E-state index >= 15 is 0 Å². The highest BCUT2D eigenvalue weighted by molar-refractivity contribution is 8.14. The van der Waals surface area contributed by atoms with E-state index in [1.54, 1.807) is 29.2 Å². The highest BCUT2D eigenvalue weighted by Crippen LogP contribution is 2.25. The minimum Gasteiger partial charge on any atom is -0.330 e. The van der Waals surface area contributed by atoms with Crippen LogP contribution in [0.5, 0.6) is 0 Å². The topological polar surface area (TPSA) is 118 Å². The standard InChI is InChI=1S/C24H25N7O2S/c25-24(31(28-26)18-9-2-1-3-10-18)34-17-22(32)30-16-8-13-21(30)23(33)27-19-11-4-5-12-20(19)29-14-6-7-15-29/h1-7,9-12,14-15,21,25-26H,8,13,16-17H2,(H,27,33)/t21-/m0/s1. The molecule has 3 aromatic rings. The summed E-state index contributed by atoms with van der Waals surface area (Å²) in [6.45, 7) is 0.495. The Balaban J connectivity index is 1.39. The van der Waals surface area contributed by atoms with Crippen LogP contribution in [0.15, 0.2) is 84.3 Å². The molecule has 0 saturated carbocycles. The van der Waals surface area contributed by atoms with Crippen molar-refractivity contribution in [1.82, 2.24) is 9.47 Å². The molecule has 1 atom stereocenters. The molecule has 1 fully saturated rings. The van der Waals surface area contributed by atoms with Crippen molar-refractivity contribution in [2.45, 2.75) is 18.9 Å². The van der Waals surface area contributed by atoms with Gasteiger partial charge in [0.15, 0.2) is 5.17 Å². The monoisotopic (exact) mass is 475 g/mol. The smallest absolute Gasteiger partial charge is 0.247 e. The minimum atomic E-state index is -0.564. The summed E-state index contributed by atoms with van der Waals surface area (Å²) in [5.41, 5.74) is 9.49. The summed E-state index contributed by atoms with van der Waals surface area (Å²) < 4.78 is 1.92. The van der Waals surface area contributed by atoms with Gasteiger partial charge in [0.05, 0.1) is 22.8 Å². The van der Waals surface area contributed by atoms with Crippen LogP contribution in [-0.2, 0) is 9.59 Å². The van der Waals surface area contributed by atoms with Crippen LogP contribution in [0.3, 0.4) is 0 Å². The lowest BCUT2D eigenvalue weighted by Gasteiger charge is -2.25. The lowest BCUT2D eigenvalue weighted by molar-refractivity contribution is -0.134. The first kappa shape index (κ1) is 23.2. The van der Waals surface area contributed by atoms with E-state index in [1.165, 1.54) is 0 Å². The fourth-order valence-corrected chi connectivity index (χ4v) is 4.61. The van der Waals surface area contributed by atoms with Gasteiger partial charge in [-0.1, -0.05) is 47.3 Å². The first-order valence-corrected chi connectivity index (χ1v) is 11.8. The average Bonchev–Trinajstić information content (AvgIpc) is 3.57. The highest BCUT2D eigenvalue weighted by Gasteiger charge is 2.34. The lowest BCUT2D eigenvalue weighted by atomic mass is 10.2.